The number of phenolic OH excluding ortho intramolecular Hbond substituents is 1. The van der Waals surface area contributed by atoms with Gasteiger partial charge in [0.15, 0.2) is 0 Å². The molecule has 0 aliphatic heterocycles. The number of benzene rings is 1. The number of hydrogen-bond acceptors (Lipinski definition) is 5. The fourth-order valence-corrected chi connectivity index (χ4v) is 3.45. The number of carbonyl (C=O) groups is 1. The Morgan fingerprint density at radius 3 is 2.72 bits per heavy atom. The Labute approximate surface area is 107 Å². The predicted molar refractivity (Wildman–Crippen MR) is 63.4 cm³/mol. The van der Waals surface area contributed by atoms with Crippen molar-refractivity contribution < 1.29 is 26.5 Å². The molecule has 0 aromatic heterocycles. The zero-order valence-corrected chi connectivity index (χ0v) is 11.8. The van der Waals surface area contributed by atoms with Crippen molar-refractivity contribution in [3.05, 3.63) is 18.2 Å². The zero-order valence-electron chi connectivity index (χ0n) is 9.91. The van der Waals surface area contributed by atoms with Gasteiger partial charge in [0.2, 0.25) is 0 Å². The number of nitrogens with one attached hydrogen (secondary N) is 1. The van der Waals surface area contributed by atoms with E-state index < -0.39 is 20.1 Å². The van der Waals surface area contributed by atoms with Crippen LogP contribution in [0.25, 0.3) is 0 Å². The molecule has 3 N–H and O–H groups in total. The van der Waals surface area contributed by atoms with Gasteiger partial charge >= 0.3 is 106 Å². The Balaban J connectivity index is 3.18. The van der Waals surface area contributed by atoms with Gasteiger partial charge in [-0.3, -0.25) is 0 Å². The minimum absolute atomic E-state index is 0.0974. The second-order valence-corrected chi connectivity index (χ2v) is 6.86. The van der Waals surface area contributed by atoms with E-state index in [0.717, 1.165) is 0 Å². The maximum atomic E-state index is 11.9. The van der Waals surface area contributed by atoms with Crippen molar-refractivity contribution in [2.45, 2.75) is 13.8 Å². The Morgan fingerprint density at radius 1 is 1.50 bits per heavy atom. The second kappa shape index (κ2) is 6.06. The van der Waals surface area contributed by atoms with E-state index in [0.29, 0.717) is 0 Å². The molecule has 0 saturated heterocycles. The van der Waals surface area contributed by atoms with Gasteiger partial charge in [0, 0.05) is 0 Å². The van der Waals surface area contributed by atoms with Crippen molar-refractivity contribution in [2.75, 3.05) is 11.9 Å². The number of hydrogen-bond donors (Lipinski definition) is 3. The van der Waals surface area contributed by atoms with Gasteiger partial charge < -0.3 is 0 Å². The first-order valence-corrected chi connectivity index (χ1v) is 8.43. The third kappa shape index (κ3) is 3.61. The SMILES string of the molecule is CCOO[As](=O)(O)c1cccc(O)c1NC(C)=O. The number of amides is 1. The van der Waals surface area contributed by atoms with E-state index in [1.807, 2.05) is 0 Å². The van der Waals surface area contributed by atoms with Crippen LogP contribution in [0.4, 0.5) is 5.69 Å². The molecule has 100 valence electrons. The number of carbonyl (C=O) groups excluding carboxylic acids is 1. The first-order chi connectivity index (χ1) is 8.38. The molecule has 0 aliphatic rings. The zero-order chi connectivity index (χ0) is 13.8. The van der Waals surface area contributed by atoms with Crippen LogP contribution in [0.2, 0.25) is 0 Å². The van der Waals surface area contributed by atoms with Gasteiger partial charge in [0.05, 0.1) is 0 Å². The molecule has 0 bridgehead atoms. The molecule has 0 saturated carbocycles. The average Bonchev–Trinajstić information content (AvgIpc) is 2.28. The monoisotopic (exact) mass is 319 g/mol. The molecule has 18 heavy (non-hydrogen) atoms. The van der Waals surface area contributed by atoms with Crippen molar-refractivity contribution in [1.82, 2.24) is 0 Å². The van der Waals surface area contributed by atoms with Crippen molar-refractivity contribution >= 4 is 30.1 Å². The fraction of sp³-hybridized carbons (Fsp3) is 0.300. The van der Waals surface area contributed by atoms with Gasteiger partial charge in [-0.15, -0.1) is 0 Å². The van der Waals surface area contributed by atoms with Gasteiger partial charge in [0.1, 0.15) is 0 Å². The van der Waals surface area contributed by atoms with E-state index in [9.17, 15) is 17.7 Å². The van der Waals surface area contributed by atoms with E-state index in [4.69, 9.17) is 0 Å². The van der Waals surface area contributed by atoms with Gasteiger partial charge in [-0.25, -0.2) is 0 Å². The molecule has 0 spiro atoms. The van der Waals surface area contributed by atoms with Crippen molar-refractivity contribution in [2.24, 2.45) is 0 Å². The fourth-order valence-electron chi connectivity index (χ4n) is 1.23. The summed E-state index contributed by atoms with van der Waals surface area (Å²) in [6.45, 7) is 2.90. The number of anilines is 1. The average molecular weight is 319 g/mol. The van der Waals surface area contributed by atoms with Crippen LogP contribution in [0.5, 0.6) is 5.75 Å². The molecule has 0 radical (unpaired) electrons. The Bertz CT molecular complexity index is 489. The van der Waals surface area contributed by atoms with Crippen LogP contribution >= 0.6 is 0 Å². The summed E-state index contributed by atoms with van der Waals surface area (Å²) in [4.78, 5) is 15.5. The van der Waals surface area contributed by atoms with Crippen molar-refractivity contribution in [3.8, 4) is 5.75 Å². The Morgan fingerprint density at radius 2 is 2.17 bits per heavy atom. The Hall–Kier alpha value is -1.27. The third-order valence-corrected chi connectivity index (χ3v) is 4.60. The molecule has 0 heterocycles. The molecule has 1 unspecified atom stereocenters. The van der Waals surface area contributed by atoms with Crippen LogP contribution in [0, 0.1) is 0 Å². The summed E-state index contributed by atoms with van der Waals surface area (Å²) in [5.41, 5.74) is -0.144. The van der Waals surface area contributed by atoms with E-state index in [1.54, 1.807) is 6.92 Å². The topological polar surface area (TPSA) is 105 Å². The predicted octanol–water partition coefficient (Wildman–Crippen LogP) is -0.113. The minimum atomic E-state index is -4.96. The quantitative estimate of drug-likeness (QED) is 0.303. The summed E-state index contributed by atoms with van der Waals surface area (Å²) in [6.07, 6.45) is 0. The number of rotatable bonds is 5. The molecule has 1 rings (SSSR count). The summed E-state index contributed by atoms with van der Waals surface area (Å²) in [5.74, 6) is -0.803. The number of phenols is 1. The first kappa shape index (κ1) is 14.8. The van der Waals surface area contributed by atoms with Crippen LogP contribution in [0.15, 0.2) is 18.2 Å². The molecule has 1 amide bonds. The van der Waals surface area contributed by atoms with Crippen LogP contribution in [0.1, 0.15) is 13.8 Å². The summed E-state index contributed by atoms with van der Waals surface area (Å²) in [6, 6.07) is 3.94. The van der Waals surface area contributed by atoms with E-state index in [1.165, 1.54) is 25.1 Å². The third-order valence-electron chi connectivity index (χ3n) is 1.90. The summed E-state index contributed by atoms with van der Waals surface area (Å²) < 4.78 is 25.9. The normalized spacial score (nSPS) is 13.9. The summed E-state index contributed by atoms with van der Waals surface area (Å²) in [5, 5.41) is 11.9. The number of aromatic hydroxyl groups is 1. The van der Waals surface area contributed by atoms with E-state index >= 15 is 0 Å². The molecule has 8 heteroatoms. The standard InChI is InChI=1S/C10H14AsNO6/c1-3-17-18-11(15,16)8-5-4-6-9(14)10(8)12-7(2)13/h4-6,14H,3H2,1-2H3,(H,12,13)(H,15,16). The second-order valence-electron chi connectivity index (χ2n) is 3.35. The first-order valence-electron chi connectivity index (χ1n) is 5.12. The molecular weight excluding hydrogens is 305 g/mol. The van der Waals surface area contributed by atoms with Crippen LogP contribution in [-0.2, 0) is 17.3 Å². The molecule has 1 aromatic rings. The molecular formula is C10H14AsNO6. The molecule has 1 aromatic carbocycles. The van der Waals surface area contributed by atoms with Crippen LogP contribution in [0.3, 0.4) is 0 Å². The molecule has 7 nitrogen and oxygen atoms in total. The summed E-state index contributed by atoms with van der Waals surface area (Å²) >= 11 is -4.96. The van der Waals surface area contributed by atoms with Gasteiger partial charge in [0.25, 0.3) is 0 Å². The number of para-hydroxylation sites is 1. The van der Waals surface area contributed by atoms with E-state index in [2.05, 4.69) is 14.1 Å². The van der Waals surface area contributed by atoms with Crippen LogP contribution in [-0.4, -0.2) is 35.9 Å². The molecule has 0 aliphatic carbocycles. The van der Waals surface area contributed by atoms with Gasteiger partial charge in [-0.1, -0.05) is 0 Å². The summed E-state index contributed by atoms with van der Waals surface area (Å²) in [7, 11) is 0. The molecule has 0 fully saturated rings. The van der Waals surface area contributed by atoms with Crippen molar-refractivity contribution in [3.63, 3.8) is 0 Å². The van der Waals surface area contributed by atoms with E-state index in [-0.39, 0.29) is 22.4 Å². The Kier molecular flexibility index (Phi) is 4.98. The maximum absolute atomic E-state index is 11.9. The van der Waals surface area contributed by atoms with Gasteiger partial charge in [-0.2, -0.15) is 0 Å². The van der Waals surface area contributed by atoms with Crippen molar-refractivity contribution in [1.29, 1.82) is 0 Å². The van der Waals surface area contributed by atoms with Crippen LogP contribution < -0.4 is 9.67 Å². The molecule has 1 atom stereocenters. The van der Waals surface area contributed by atoms with Gasteiger partial charge in [-0.05, 0) is 0 Å².